The van der Waals surface area contributed by atoms with Gasteiger partial charge in [0.2, 0.25) is 0 Å². The molecule has 0 unspecified atom stereocenters. The van der Waals surface area contributed by atoms with E-state index in [2.05, 4.69) is 35.7 Å². The first-order chi connectivity index (χ1) is 10.5. The number of halogens is 1. The third kappa shape index (κ3) is 10.3. The number of nitrogens with one attached hydrogen (secondary N) is 2. The van der Waals surface area contributed by atoms with Crippen molar-refractivity contribution in [2.45, 2.75) is 63.2 Å². The zero-order valence-corrected chi connectivity index (χ0v) is 18.0. The first-order valence-electron chi connectivity index (χ1n) is 8.16. The highest BCUT2D eigenvalue weighted by atomic mass is 127. The fraction of sp³-hybridized carbons (Fsp3) is 0.875. The summed E-state index contributed by atoms with van der Waals surface area (Å²) in [5.41, 5.74) is 0. The maximum absolute atomic E-state index is 11.7. The number of guanidine groups is 1. The molecule has 23 heavy (non-hydrogen) atoms. The van der Waals surface area contributed by atoms with Crippen LogP contribution in [0.1, 0.15) is 52.4 Å². The average Bonchev–Trinajstić information content (AvgIpc) is 2.99. The van der Waals surface area contributed by atoms with Gasteiger partial charge in [-0.1, -0.05) is 0 Å². The standard InChI is InChI=1S/C16H31N3O2S.HI/c1-16(2,22-4)12-19-15(17-3)18-11-7-10-14(20)21-13-8-5-6-9-13;/h13H,5-12H2,1-4H3,(H2,17,18,19);1H. The quantitative estimate of drug-likeness (QED) is 0.193. The lowest BCUT2D eigenvalue weighted by Gasteiger charge is -2.23. The van der Waals surface area contributed by atoms with E-state index >= 15 is 0 Å². The lowest BCUT2D eigenvalue weighted by molar-refractivity contribution is -0.148. The summed E-state index contributed by atoms with van der Waals surface area (Å²) in [4.78, 5) is 15.9. The van der Waals surface area contributed by atoms with Crippen molar-refractivity contribution in [2.24, 2.45) is 4.99 Å². The Bertz CT molecular complexity index is 372. The molecule has 0 aromatic rings. The Balaban J connectivity index is 0.00000484. The number of carbonyl (C=O) groups is 1. The molecule has 136 valence electrons. The van der Waals surface area contributed by atoms with Gasteiger partial charge >= 0.3 is 5.97 Å². The normalized spacial score (nSPS) is 15.9. The molecular weight excluding hydrogens is 425 g/mol. The molecule has 0 bridgehead atoms. The van der Waals surface area contributed by atoms with E-state index < -0.39 is 0 Å². The van der Waals surface area contributed by atoms with Gasteiger partial charge in [-0.3, -0.25) is 9.79 Å². The van der Waals surface area contributed by atoms with E-state index in [1.54, 1.807) is 7.05 Å². The van der Waals surface area contributed by atoms with Gasteiger partial charge in [-0.2, -0.15) is 11.8 Å². The van der Waals surface area contributed by atoms with Crippen molar-refractivity contribution in [3.8, 4) is 0 Å². The van der Waals surface area contributed by atoms with E-state index in [1.807, 2.05) is 11.8 Å². The molecule has 0 aromatic carbocycles. The van der Waals surface area contributed by atoms with E-state index in [-0.39, 0.29) is 40.8 Å². The number of esters is 1. The molecule has 5 nitrogen and oxygen atoms in total. The minimum atomic E-state index is -0.0693. The number of aliphatic imine (C=N–C) groups is 1. The first kappa shape index (κ1) is 22.8. The monoisotopic (exact) mass is 457 g/mol. The number of carbonyl (C=O) groups excluding carboxylic acids is 1. The summed E-state index contributed by atoms with van der Waals surface area (Å²) in [6, 6.07) is 0. The van der Waals surface area contributed by atoms with Crippen LogP contribution in [-0.2, 0) is 9.53 Å². The minimum Gasteiger partial charge on any atom is -0.462 e. The van der Waals surface area contributed by atoms with Gasteiger partial charge in [0, 0.05) is 31.3 Å². The van der Waals surface area contributed by atoms with Crippen LogP contribution in [0.4, 0.5) is 0 Å². The fourth-order valence-electron chi connectivity index (χ4n) is 2.28. The zero-order chi connectivity index (χ0) is 16.4. The Kier molecular flexibility index (Phi) is 12.1. The molecule has 1 saturated carbocycles. The van der Waals surface area contributed by atoms with Crippen molar-refractivity contribution in [3.63, 3.8) is 0 Å². The first-order valence-corrected chi connectivity index (χ1v) is 9.38. The lowest BCUT2D eigenvalue weighted by Crippen LogP contribution is -2.43. The van der Waals surface area contributed by atoms with Crippen LogP contribution in [-0.4, -0.2) is 49.2 Å². The maximum atomic E-state index is 11.7. The van der Waals surface area contributed by atoms with Crippen molar-refractivity contribution >= 4 is 47.7 Å². The highest BCUT2D eigenvalue weighted by Gasteiger charge is 2.19. The maximum Gasteiger partial charge on any atom is 0.306 e. The molecule has 0 heterocycles. The van der Waals surface area contributed by atoms with Crippen LogP contribution in [0.5, 0.6) is 0 Å². The van der Waals surface area contributed by atoms with E-state index in [4.69, 9.17) is 4.74 Å². The smallest absolute Gasteiger partial charge is 0.306 e. The van der Waals surface area contributed by atoms with Crippen LogP contribution in [0.15, 0.2) is 4.99 Å². The number of hydrogen-bond acceptors (Lipinski definition) is 4. The number of rotatable bonds is 8. The van der Waals surface area contributed by atoms with E-state index in [9.17, 15) is 4.79 Å². The summed E-state index contributed by atoms with van der Waals surface area (Å²) in [5, 5.41) is 6.55. The Morgan fingerprint density at radius 2 is 1.96 bits per heavy atom. The van der Waals surface area contributed by atoms with Crippen molar-refractivity contribution in [1.82, 2.24) is 10.6 Å². The van der Waals surface area contributed by atoms with E-state index in [1.165, 1.54) is 12.8 Å². The average molecular weight is 457 g/mol. The SMILES string of the molecule is CN=C(NCCCC(=O)OC1CCCC1)NCC(C)(C)SC.I. The van der Waals surface area contributed by atoms with Crippen LogP contribution >= 0.6 is 35.7 Å². The van der Waals surface area contributed by atoms with Gasteiger partial charge in [0.25, 0.3) is 0 Å². The molecule has 0 saturated heterocycles. The van der Waals surface area contributed by atoms with Gasteiger partial charge < -0.3 is 15.4 Å². The Morgan fingerprint density at radius 1 is 1.30 bits per heavy atom. The van der Waals surface area contributed by atoms with Crippen LogP contribution in [0.3, 0.4) is 0 Å². The summed E-state index contributed by atoms with van der Waals surface area (Å²) in [5.74, 6) is 0.714. The molecule has 0 aliphatic heterocycles. The van der Waals surface area contributed by atoms with Crippen molar-refractivity contribution in [1.29, 1.82) is 0 Å². The molecule has 0 spiro atoms. The number of thioether (sulfide) groups is 1. The number of ether oxygens (including phenoxy) is 1. The summed E-state index contributed by atoms with van der Waals surface area (Å²) in [6.45, 7) is 5.95. The van der Waals surface area contributed by atoms with Crippen LogP contribution in [0.25, 0.3) is 0 Å². The Hall–Kier alpha value is -0.180. The molecule has 0 amide bonds. The predicted octanol–water partition coefficient (Wildman–Crippen LogP) is 3.18. The highest BCUT2D eigenvalue weighted by molar-refractivity contribution is 14.0. The molecule has 0 radical (unpaired) electrons. The summed E-state index contributed by atoms with van der Waals surface area (Å²) in [6.07, 6.45) is 7.95. The van der Waals surface area contributed by atoms with Gasteiger partial charge in [0.15, 0.2) is 5.96 Å². The van der Waals surface area contributed by atoms with Gasteiger partial charge in [0.1, 0.15) is 6.10 Å². The topological polar surface area (TPSA) is 62.7 Å². The molecular formula is C16H32IN3O2S. The minimum absolute atomic E-state index is 0. The van der Waals surface area contributed by atoms with E-state index in [0.29, 0.717) is 6.42 Å². The van der Waals surface area contributed by atoms with Gasteiger partial charge in [0.05, 0.1) is 0 Å². The van der Waals surface area contributed by atoms with Gasteiger partial charge in [-0.15, -0.1) is 24.0 Å². The zero-order valence-electron chi connectivity index (χ0n) is 14.8. The Morgan fingerprint density at radius 3 is 2.52 bits per heavy atom. The third-order valence-corrected chi connectivity index (χ3v) is 5.16. The second-order valence-electron chi connectivity index (χ2n) is 6.32. The van der Waals surface area contributed by atoms with Crippen LogP contribution in [0, 0.1) is 0 Å². The Labute approximate surface area is 162 Å². The second-order valence-corrected chi connectivity index (χ2v) is 7.83. The van der Waals surface area contributed by atoms with Crippen molar-refractivity contribution in [3.05, 3.63) is 0 Å². The molecule has 1 aliphatic rings. The lowest BCUT2D eigenvalue weighted by atomic mass is 10.2. The summed E-state index contributed by atoms with van der Waals surface area (Å²) >= 11 is 1.82. The molecule has 2 N–H and O–H groups in total. The molecule has 1 fully saturated rings. The van der Waals surface area contributed by atoms with Gasteiger partial charge in [-0.25, -0.2) is 0 Å². The van der Waals surface area contributed by atoms with Gasteiger partial charge in [-0.05, 0) is 52.2 Å². The molecule has 1 rings (SSSR count). The summed E-state index contributed by atoms with van der Waals surface area (Å²) < 4.78 is 5.61. The van der Waals surface area contributed by atoms with Crippen molar-refractivity contribution < 1.29 is 9.53 Å². The molecule has 0 atom stereocenters. The van der Waals surface area contributed by atoms with Crippen LogP contribution in [0.2, 0.25) is 0 Å². The number of hydrogen-bond donors (Lipinski definition) is 2. The fourth-order valence-corrected chi connectivity index (χ4v) is 2.50. The molecule has 1 aliphatic carbocycles. The highest BCUT2D eigenvalue weighted by Crippen LogP contribution is 2.21. The largest absolute Gasteiger partial charge is 0.462 e. The third-order valence-electron chi connectivity index (χ3n) is 3.91. The molecule has 0 aromatic heterocycles. The summed E-state index contributed by atoms with van der Waals surface area (Å²) in [7, 11) is 1.76. The predicted molar refractivity (Wildman–Crippen MR) is 110 cm³/mol. The van der Waals surface area contributed by atoms with Crippen molar-refractivity contribution in [2.75, 3.05) is 26.4 Å². The number of nitrogens with zero attached hydrogens (tertiary/aromatic N) is 1. The van der Waals surface area contributed by atoms with Crippen LogP contribution < -0.4 is 10.6 Å². The molecule has 7 heteroatoms. The van der Waals surface area contributed by atoms with E-state index in [0.717, 1.165) is 38.3 Å². The second kappa shape index (κ2) is 12.2.